The van der Waals surface area contributed by atoms with Crippen LogP contribution >= 0.6 is 15.9 Å². The second-order valence-corrected chi connectivity index (χ2v) is 4.34. The van der Waals surface area contributed by atoms with Crippen LogP contribution < -0.4 is 4.74 Å². The van der Waals surface area contributed by atoms with E-state index in [1.807, 2.05) is 12.1 Å². The second-order valence-electron chi connectivity index (χ2n) is 3.55. The maximum Gasteiger partial charge on any atom is 0.133 e. The van der Waals surface area contributed by atoms with Crippen molar-refractivity contribution in [3.05, 3.63) is 28.2 Å². The second kappa shape index (κ2) is 3.33. The normalized spacial score (nSPS) is 17.2. The summed E-state index contributed by atoms with van der Waals surface area (Å²) in [6.07, 6.45) is 7.71. The summed E-state index contributed by atoms with van der Waals surface area (Å²) in [5.74, 6) is 3.73. The summed E-state index contributed by atoms with van der Waals surface area (Å²) in [5.41, 5.74) is 1.15. The van der Waals surface area contributed by atoms with Crippen LogP contribution in [0.1, 0.15) is 18.4 Å². The monoisotopic (exact) mass is 250 g/mol. The number of ether oxygens (including phenoxy) is 1. The molecule has 1 aromatic rings. The van der Waals surface area contributed by atoms with Gasteiger partial charge in [0, 0.05) is 0 Å². The summed E-state index contributed by atoms with van der Waals surface area (Å²) < 4.78 is 6.24. The first-order valence-corrected chi connectivity index (χ1v) is 5.33. The van der Waals surface area contributed by atoms with Crippen molar-refractivity contribution in [2.45, 2.75) is 18.3 Å². The zero-order valence-corrected chi connectivity index (χ0v) is 9.60. The largest absolute Gasteiger partial charge is 0.496 e. The fraction of sp³-hybridized carbons (Fsp3) is 0.333. The lowest BCUT2D eigenvalue weighted by atomic mass is 9.97. The summed E-state index contributed by atoms with van der Waals surface area (Å²) in [5, 5.41) is 0. The van der Waals surface area contributed by atoms with Gasteiger partial charge in [-0.2, -0.15) is 0 Å². The Morgan fingerprint density at radius 1 is 1.50 bits per heavy atom. The van der Waals surface area contributed by atoms with Crippen LogP contribution in [0.4, 0.5) is 0 Å². The third-order valence-electron chi connectivity index (χ3n) is 2.73. The molecule has 2 rings (SSSR count). The summed E-state index contributed by atoms with van der Waals surface area (Å²) in [7, 11) is 1.67. The van der Waals surface area contributed by atoms with Crippen molar-refractivity contribution in [1.29, 1.82) is 0 Å². The van der Waals surface area contributed by atoms with Crippen molar-refractivity contribution in [1.82, 2.24) is 0 Å². The average Bonchev–Trinajstić information content (AvgIpc) is 2.99. The van der Waals surface area contributed by atoms with Gasteiger partial charge in [0.1, 0.15) is 5.75 Å². The maximum atomic E-state index is 5.55. The van der Waals surface area contributed by atoms with Gasteiger partial charge in [-0.25, -0.2) is 0 Å². The number of hydrogen-bond acceptors (Lipinski definition) is 1. The summed E-state index contributed by atoms with van der Waals surface area (Å²) >= 11 is 3.54. The molecule has 0 aliphatic heterocycles. The number of rotatable bonds is 2. The smallest absolute Gasteiger partial charge is 0.133 e. The van der Waals surface area contributed by atoms with Gasteiger partial charge in [0.2, 0.25) is 0 Å². The first-order valence-electron chi connectivity index (χ1n) is 4.54. The highest BCUT2D eigenvalue weighted by Gasteiger charge is 2.44. The number of benzene rings is 1. The van der Waals surface area contributed by atoms with Gasteiger partial charge < -0.3 is 4.74 Å². The minimum absolute atomic E-state index is 0.0344. The molecule has 1 saturated carbocycles. The first-order chi connectivity index (χ1) is 6.73. The molecule has 0 aromatic heterocycles. The standard InChI is InChI=1S/C12H11BrO/c1-3-12(7-8-12)9-5-4-6-10(14-2)11(9)13/h1,4-6H,7-8H2,2H3. The molecule has 0 amide bonds. The van der Waals surface area contributed by atoms with E-state index >= 15 is 0 Å². The zero-order valence-electron chi connectivity index (χ0n) is 8.01. The molecule has 0 radical (unpaired) electrons. The van der Waals surface area contributed by atoms with E-state index in [4.69, 9.17) is 11.2 Å². The van der Waals surface area contributed by atoms with Crippen LogP contribution in [0, 0.1) is 12.3 Å². The summed E-state index contributed by atoms with van der Waals surface area (Å²) in [4.78, 5) is 0. The maximum absolute atomic E-state index is 5.55. The van der Waals surface area contributed by atoms with Gasteiger partial charge in [0.05, 0.1) is 17.0 Å². The molecule has 0 atom stereocenters. The molecule has 1 fully saturated rings. The predicted molar refractivity (Wildman–Crippen MR) is 60.4 cm³/mol. The summed E-state index contributed by atoms with van der Waals surface area (Å²) in [6, 6.07) is 5.98. The van der Waals surface area contributed by atoms with Crippen LogP contribution in [0.2, 0.25) is 0 Å². The molecule has 72 valence electrons. The minimum atomic E-state index is -0.0344. The molecule has 1 aliphatic carbocycles. The topological polar surface area (TPSA) is 9.23 Å². The van der Waals surface area contributed by atoms with Gasteiger partial charge >= 0.3 is 0 Å². The number of terminal acetylenes is 1. The Hall–Kier alpha value is -0.940. The fourth-order valence-corrected chi connectivity index (χ4v) is 2.46. The quantitative estimate of drug-likeness (QED) is 0.734. The van der Waals surface area contributed by atoms with Crippen LogP contribution in [-0.2, 0) is 5.41 Å². The van der Waals surface area contributed by atoms with Crippen molar-refractivity contribution < 1.29 is 4.74 Å². The molecule has 1 nitrogen and oxygen atoms in total. The Bertz CT molecular complexity index is 399. The molecule has 1 aromatic carbocycles. The minimum Gasteiger partial charge on any atom is -0.496 e. The molecule has 2 heteroatoms. The third-order valence-corrected chi connectivity index (χ3v) is 3.54. The van der Waals surface area contributed by atoms with Gasteiger partial charge in [-0.05, 0) is 40.4 Å². The lowest BCUT2D eigenvalue weighted by Gasteiger charge is -2.13. The Morgan fingerprint density at radius 3 is 2.71 bits per heavy atom. The zero-order chi connectivity index (χ0) is 10.2. The van der Waals surface area contributed by atoms with E-state index < -0.39 is 0 Å². The molecule has 14 heavy (non-hydrogen) atoms. The van der Waals surface area contributed by atoms with E-state index in [1.165, 1.54) is 5.56 Å². The fourth-order valence-electron chi connectivity index (χ4n) is 1.65. The number of methoxy groups -OCH3 is 1. The third kappa shape index (κ3) is 1.33. The van der Waals surface area contributed by atoms with Gasteiger partial charge in [-0.1, -0.05) is 18.1 Å². The number of halogens is 1. The lowest BCUT2D eigenvalue weighted by Crippen LogP contribution is -2.04. The van der Waals surface area contributed by atoms with Crippen LogP contribution in [0.15, 0.2) is 22.7 Å². The van der Waals surface area contributed by atoms with Gasteiger partial charge in [0.25, 0.3) is 0 Å². The predicted octanol–water partition coefficient (Wildman–Crippen LogP) is 3.12. The number of hydrogen-bond donors (Lipinski definition) is 0. The van der Waals surface area contributed by atoms with Crippen molar-refractivity contribution >= 4 is 15.9 Å². The van der Waals surface area contributed by atoms with E-state index in [1.54, 1.807) is 7.11 Å². The molecule has 0 heterocycles. The average molecular weight is 251 g/mol. The van der Waals surface area contributed by atoms with Crippen LogP contribution in [0.5, 0.6) is 5.75 Å². The molecule has 0 saturated heterocycles. The van der Waals surface area contributed by atoms with Gasteiger partial charge in [-0.15, -0.1) is 6.42 Å². The van der Waals surface area contributed by atoms with Crippen molar-refractivity contribution in [2.24, 2.45) is 0 Å². The van der Waals surface area contributed by atoms with E-state index in [0.717, 1.165) is 23.1 Å². The van der Waals surface area contributed by atoms with Crippen LogP contribution in [-0.4, -0.2) is 7.11 Å². The van der Waals surface area contributed by atoms with E-state index in [9.17, 15) is 0 Å². The molecular weight excluding hydrogens is 240 g/mol. The molecule has 1 aliphatic rings. The van der Waals surface area contributed by atoms with Crippen molar-refractivity contribution in [3.63, 3.8) is 0 Å². The highest BCUT2D eigenvalue weighted by molar-refractivity contribution is 9.10. The molecule has 0 spiro atoms. The molecular formula is C12H11BrO. The van der Waals surface area contributed by atoms with Crippen molar-refractivity contribution in [3.8, 4) is 18.1 Å². The first kappa shape index (κ1) is 9.61. The highest BCUT2D eigenvalue weighted by atomic mass is 79.9. The highest BCUT2D eigenvalue weighted by Crippen LogP contribution is 2.51. The Morgan fingerprint density at radius 2 is 2.21 bits per heavy atom. The van der Waals surface area contributed by atoms with Gasteiger partial charge in [-0.3, -0.25) is 0 Å². The molecule has 0 unspecified atom stereocenters. The Balaban J connectivity index is 2.50. The molecule has 0 bridgehead atoms. The van der Waals surface area contributed by atoms with Crippen molar-refractivity contribution in [2.75, 3.05) is 7.11 Å². The Kier molecular flexibility index (Phi) is 2.28. The molecule has 0 N–H and O–H groups in total. The SMILES string of the molecule is C#CC1(c2cccc(OC)c2Br)CC1. The van der Waals surface area contributed by atoms with Crippen LogP contribution in [0.3, 0.4) is 0 Å². The van der Waals surface area contributed by atoms with E-state index in [2.05, 4.69) is 27.9 Å². The van der Waals surface area contributed by atoms with Gasteiger partial charge in [0.15, 0.2) is 0 Å². The van der Waals surface area contributed by atoms with Crippen LogP contribution in [0.25, 0.3) is 0 Å². The van der Waals surface area contributed by atoms with E-state index in [-0.39, 0.29) is 5.41 Å². The Labute approximate surface area is 92.6 Å². The van der Waals surface area contributed by atoms with E-state index in [0.29, 0.717) is 0 Å². The summed E-state index contributed by atoms with van der Waals surface area (Å²) in [6.45, 7) is 0. The lowest BCUT2D eigenvalue weighted by molar-refractivity contribution is 0.411.